The number of hydrogen-bond acceptors (Lipinski definition) is 3. The summed E-state index contributed by atoms with van der Waals surface area (Å²) < 4.78 is 0. The van der Waals surface area contributed by atoms with Gasteiger partial charge in [0.25, 0.3) is 0 Å². The number of rotatable bonds is 2. The molecule has 1 aromatic heterocycles. The van der Waals surface area contributed by atoms with Gasteiger partial charge in [-0.3, -0.25) is 4.98 Å². The van der Waals surface area contributed by atoms with Gasteiger partial charge in [-0.25, -0.2) is 0 Å². The molecule has 0 saturated carbocycles. The Morgan fingerprint density at radius 3 is 2.79 bits per heavy atom. The second-order valence-corrected chi connectivity index (χ2v) is 3.94. The number of hydrogen-bond donors (Lipinski definition) is 1. The average molecular weight is 192 g/mol. The molecule has 0 amide bonds. The van der Waals surface area contributed by atoms with Crippen LogP contribution in [0.5, 0.6) is 0 Å². The first kappa shape index (κ1) is 9.46. The van der Waals surface area contributed by atoms with Gasteiger partial charge >= 0.3 is 0 Å². The molecule has 14 heavy (non-hydrogen) atoms. The van der Waals surface area contributed by atoms with Crippen molar-refractivity contribution in [2.45, 2.75) is 19.4 Å². The number of aliphatic hydroxyl groups excluding tert-OH is 1. The summed E-state index contributed by atoms with van der Waals surface area (Å²) in [5, 5.41) is 9.48. The van der Waals surface area contributed by atoms with Gasteiger partial charge in [-0.2, -0.15) is 0 Å². The minimum absolute atomic E-state index is 0.193. The summed E-state index contributed by atoms with van der Waals surface area (Å²) in [7, 11) is 0. The van der Waals surface area contributed by atoms with Crippen molar-refractivity contribution < 1.29 is 5.11 Å². The number of nitrogens with zero attached hydrogens (tertiary/aromatic N) is 2. The van der Waals surface area contributed by atoms with Crippen molar-refractivity contribution in [3.8, 4) is 0 Å². The van der Waals surface area contributed by atoms with E-state index >= 15 is 0 Å². The molecule has 1 aliphatic heterocycles. The van der Waals surface area contributed by atoms with Gasteiger partial charge in [-0.15, -0.1) is 0 Å². The second-order valence-electron chi connectivity index (χ2n) is 3.94. The predicted octanol–water partition coefficient (Wildman–Crippen LogP) is 1.29. The van der Waals surface area contributed by atoms with Crippen molar-refractivity contribution in [3.05, 3.63) is 24.5 Å². The van der Waals surface area contributed by atoms with E-state index in [4.69, 9.17) is 0 Å². The Bertz CT molecular complexity index is 287. The van der Waals surface area contributed by atoms with Crippen LogP contribution >= 0.6 is 0 Å². The van der Waals surface area contributed by atoms with Crippen LogP contribution < -0.4 is 4.90 Å². The highest BCUT2D eigenvalue weighted by Crippen LogP contribution is 2.24. The molecule has 0 radical (unpaired) electrons. The van der Waals surface area contributed by atoms with Crippen LogP contribution in [-0.2, 0) is 0 Å². The monoisotopic (exact) mass is 192 g/mol. The van der Waals surface area contributed by atoms with Crippen LogP contribution in [0.1, 0.15) is 13.3 Å². The van der Waals surface area contributed by atoms with E-state index in [9.17, 15) is 5.11 Å². The molecule has 0 aromatic carbocycles. The van der Waals surface area contributed by atoms with Crippen LogP contribution in [0, 0.1) is 5.92 Å². The highest BCUT2D eigenvalue weighted by Gasteiger charge is 2.25. The fourth-order valence-electron chi connectivity index (χ4n) is 1.97. The summed E-state index contributed by atoms with van der Waals surface area (Å²) in [5.74, 6) is 0.420. The van der Waals surface area contributed by atoms with Crippen LogP contribution in [0.15, 0.2) is 24.5 Å². The van der Waals surface area contributed by atoms with Gasteiger partial charge in [0.1, 0.15) is 0 Å². The van der Waals surface area contributed by atoms with Crippen LogP contribution in [0.2, 0.25) is 0 Å². The van der Waals surface area contributed by atoms with E-state index in [-0.39, 0.29) is 6.10 Å². The van der Waals surface area contributed by atoms with Crippen molar-refractivity contribution in [1.82, 2.24) is 4.98 Å². The molecule has 2 unspecified atom stereocenters. The van der Waals surface area contributed by atoms with Gasteiger partial charge < -0.3 is 10.0 Å². The Balaban J connectivity index is 2.03. The molecule has 2 atom stereocenters. The van der Waals surface area contributed by atoms with Crippen molar-refractivity contribution in [2.24, 2.45) is 5.92 Å². The standard InChI is InChI=1S/C11H16N2O/c1-9(14)10-4-7-13(8-10)11-2-5-12-6-3-11/h2-3,5-6,9-10,14H,4,7-8H2,1H3. The number of pyridine rings is 1. The third-order valence-corrected chi connectivity index (χ3v) is 2.93. The first-order valence-electron chi connectivity index (χ1n) is 5.10. The van der Waals surface area contributed by atoms with Crippen molar-refractivity contribution in [2.75, 3.05) is 18.0 Å². The van der Waals surface area contributed by atoms with Gasteiger partial charge in [0.05, 0.1) is 6.10 Å². The van der Waals surface area contributed by atoms with Crippen LogP contribution in [0.4, 0.5) is 5.69 Å². The number of aromatic nitrogens is 1. The quantitative estimate of drug-likeness (QED) is 0.767. The highest BCUT2D eigenvalue weighted by molar-refractivity contribution is 5.45. The molecule has 1 saturated heterocycles. The van der Waals surface area contributed by atoms with E-state index in [0.717, 1.165) is 19.5 Å². The van der Waals surface area contributed by atoms with Gasteiger partial charge in [-0.1, -0.05) is 0 Å². The molecule has 2 rings (SSSR count). The zero-order valence-corrected chi connectivity index (χ0v) is 8.43. The predicted molar refractivity (Wildman–Crippen MR) is 56.2 cm³/mol. The molecule has 1 aliphatic rings. The van der Waals surface area contributed by atoms with E-state index in [0.29, 0.717) is 5.92 Å². The topological polar surface area (TPSA) is 36.4 Å². The lowest BCUT2D eigenvalue weighted by Crippen LogP contribution is -2.23. The molecule has 0 aliphatic carbocycles. The molecule has 3 nitrogen and oxygen atoms in total. The maximum absolute atomic E-state index is 9.48. The zero-order chi connectivity index (χ0) is 9.97. The summed E-state index contributed by atoms with van der Waals surface area (Å²) in [6, 6.07) is 4.04. The third kappa shape index (κ3) is 1.87. The zero-order valence-electron chi connectivity index (χ0n) is 8.43. The summed E-state index contributed by atoms with van der Waals surface area (Å²) in [6.45, 7) is 3.88. The Labute approximate surface area is 84.4 Å². The molecule has 0 bridgehead atoms. The van der Waals surface area contributed by atoms with Crippen LogP contribution in [-0.4, -0.2) is 29.3 Å². The molecule has 1 fully saturated rings. The lowest BCUT2D eigenvalue weighted by molar-refractivity contribution is 0.136. The normalized spacial score (nSPS) is 23.9. The summed E-state index contributed by atoms with van der Waals surface area (Å²) in [4.78, 5) is 6.30. The number of aliphatic hydroxyl groups is 1. The molecule has 3 heteroatoms. The largest absolute Gasteiger partial charge is 0.393 e. The Morgan fingerprint density at radius 2 is 2.21 bits per heavy atom. The van der Waals surface area contributed by atoms with Gasteiger partial charge in [0.2, 0.25) is 0 Å². The molecule has 0 spiro atoms. The van der Waals surface area contributed by atoms with E-state index in [1.54, 1.807) is 0 Å². The maximum Gasteiger partial charge on any atom is 0.0557 e. The molecular formula is C11H16N2O. The van der Waals surface area contributed by atoms with E-state index in [1.807, 2.05) is 31.5 Å². The minimum atomic E-state index is -0.193. The maximum atomic E-state index is 9.48. The van der Waals surface area contributed by atoms with Crippen molar-refractivity contribution in [1.29, 1.82) is 0 Å². The Morgan fingerprint density at radius 1 is 1.50 bits per heavy atom. The van der Waals surface area contributed by atoms with Crippen molar-refractivity contribution >= 4 is 5.69 Å². The Hall–Kier alpha value is -1.09. The van der Waals surface area contributed by atoms with Gasteiger partial charge in [0, 0.05) is 37.1 Å². The summed E-state index contributed by atoms with van der Waals surface area (Å²) in [5.41, 5.74) is 1.21. The van der Waals surface area contributed by atoms with Crippen LogP contribution in [0.25, 0.3) is 0 Å². The second kappa shape index (κ2) is 3.96. The first-order chi connectivity index (χ1) is 6.77. The first-order valence-corrected chi connectivity index (χ1v) is 5.10. The fourth-order valence-corrected chi connectivity index (χ4v) is 1.97. The summed E-state index contributed by atoms with van der Waals surface area (Å²) in [6.07, 6.45) is 4.51. The minimum Gasteiger partial charge on any atom is -0.393 e. The molecular weight excluding hydrogens is 176 g/mol. The van der Waals surface area contributed by atoms with E-state index < -0.39 is 0 Å². The van der Waals surface area contributed by atoms with Gasteiger partial charge in [0.15, 0.2) is 0 Å². The molecule has 2 heterocycles. The lowest BCUT2D eigenvalue weighted by atomic mass is 10.0. The SMILES string of the molecule is CC(O)C1CCN(c2ccncc2)C1. The van der Waals surface area contributed by atoms with E-state index in [2.05, 4.69) is 9.88 Å². The smallest absolute Gasteiger partial charge is 0.0557 e. The molecule has 1 aromatic rings. The molecule has 1 N–H and O–H groups in total. The Kier molecular flexibility index (Phi) is 2.68. The average Bonchev–Trinajstić information content (AvgIpc) is 2.68. The lowest BCUT2D eigenvalue weighted by Gasteiger charge is -2.19. The molecule has 76 valence electrons. The summed E-state index contributed by atoms with van der Waals surface area (Å²) >= 11 is 0. The van der Waals surface area contributed by atoms with Crippen LogP contribution in [0.3, 0.4) is 0 Å². The van der Waals surface area contributed by atoms with E-state index in [1.165, 1.54) is 5.69 Å². The third-order valence-electron chi connectivity index (χ3n) is 2.93. The fraction of sp³-hybridized carbons (Fsp3) is 0.545. The van der Waals surface area contributed by atoms with Gasteiger partial charge in [-0.05, 0) is 25.5 Å². The highest BCUT2D eigenvalue weighted by atomic mass is 16.3. The number of anilines is 1. The van der Waals surface area contributed by atoms with Crippen molar-refractivity contribution in [3.63, 3.8) is 0 Å².